The molecule has 0 radical (unpaired) electrons. The van der Waals surface area contributed by atoms with Crippen molar-refractivity contribution in [1.82, 2.24) is 20.3 Å². The van der Waals surface area contributed by atoms with Gasteiger partial charge >= 0.3 is 0 Å². The number of benzene rings is 1. The summed E-state index contributed by atoms with van der Waals surface area (Å²) in [7, 11) is 1.58. The number of carbonyl (C=O) groups is 2. The Morgan fingerprint density at radius 1 is 1.25 bits per heavy atom. The lowest BCUT2D eigenvalue weighted by Gasteiger charge is -2.06. The summed E-state index contributed by atoms with van der Waals surface area (Å²) in [6, 6.07) is 6.99. The van der Waals surface area contributed by atoms with Gasteiger partial charge in [0, 0.05) is 18.2 Å². The molecule has 8 heteroatoms. The van der Waals surface area contributed by atoms with E-state index in [-0.39, 0.29) is 23.4 Å². The van der Waals surface area contributed by atoms with Crippen molar-refractivity contribution in [2.24, 2.45) is 5.92 Å². The second-order valence-corrected chi connectivity index (χ2v) is 5.50. The van der Waals surface area contributed by atoms with Crippen molar-refractivity contribution >= 4 is 17.5 Å². The number of carbonyl (C=O) groups excluding carboxylic acids is 2. The molecule has 0 aliphatic rings. The molecule has 0 saturated heterocycles. The molecule has 8 nitrogen and oxygen atoms in total. The molecule has 0 spiro atoms. The zero-order valence-electron chi connectivity index (χ0n) is 13.9. The minimum atomic E-state index is -0.349. The Morgan fingerprint density at radius 3 is 2.58 bits per heavy atom. The molecule has 2 aromatic rings. The molecule has 2 N–H and O–H groups in total. The average Bonchev–Trinajstić information content (AvgIpc) is 3.04. The topological polar surface area (TPSA) is 98.1 Å². The third-order valence-corrected chi connectivity index (χ3v) is 3.28. The van der Waals surface area contributed by atoms with Crippen LogP contribution in [0.2, 0.25) is 0 Å². The van der Waals surface area contributed by atoms with Crippen LogP contribution in [-0.2, 0) is 11.3 Å². The summed E-state index contributed by atoms with van der Waals surface area (Å²) < 4.78 is 6.58. The van der Waals surface area contributed by atoms with Crippen LogP contribution in [0.5, 0.6) is 5.75 Å². The van der Waals surface area contributed by atoms with Crippen LogP contribution in [0.25, 0.3) is 0 Å². The van der Waals surface area contributed by atoms with Gasteiger partial charge in [-0.05, 0) is 24.3 Å². The first-order valence-electron chi connectivity index (χ1n) is 7.63. The first kappa shape index (κ1) is 17.5. The third-order valence-electron chi connectivity index (χ3n) is 3.28. The first-order valence-corrected chi connectivity index (χ1v) is 7.63. The second kappa shape index (κ2) is 8.09. The molecular weight excluding hydrogens is 310 g/mol. The van der Waals surface area contributed by atoms with Gasteiger partial charge in [0.15, 0.2) is 5.69 Å². The fourth-order valence-corrected chi connectivity index (χ4v) is 1.88. The fourth-order valence-electron chi connectivity index (χ4n) is 1.88. The Morgan fingerprint density at radius 2 is 1.96 bits per heavy atom. The SMILES string of the molecule is COc1ccc(NC(=O)c2cn(CCNC(=O)C(C)C)nn2)cc1. The second-order valence-electron chi connectivity index (χ2n) is 5.50. The van der Waals surface area contributed by atoms with Gasteiger partial charge in [0.25, 0.3) is 5.91 Å². The van der Waals surface area contributed by atoms with Crippen LogP contribution >= 0.6 is 0 Å². The van der Waals surface area contributed by atoms with Gasteiger partial charge < -0.3 is 15.4 Å². The zero-order valence-corrected chi connectivity index (χ0v) is 13.9. The molecule has 128 valence electrons. The quantitative estimate of drug-likeness (QED) is 0.797. The van der Waals surface area contributed by atoms with E-state index in [9.17, 15) is 9.59 Å². The molecule has 2 rings (SSSR count). The predicted octanol–water partition coefficient (Wildman–Crippen LogP) is 1.31. The number of nitrogens with one attached hydrogen (secondary N) is 2. The largest absolute Gasteiger partial charge is 0.497 e. The van der Waals surface area contributed by atoms with E-state index in [1.807, 2.05) is 13.8 Å². The first-order chi connectivity index (χ1) is 11.5. The number of rotatable bonds is 7. The highest BCUT2D eigenvalue weighted by molar-refractivity contribution is 6.02. The fraction of sp³-hybridized carbons (Fsp3) is 0.375. The summed E-state index contributed by atoms with van der Waals surface area (Å²) in [5.74, 6) is 0.277. The standard InChI is InChI=1S/C16H21N5O3/c1-11(2)15(22)17-8-9-21-10-14(19-20-21)16(23)18-12-4-6-13(24-3)7-5-12/h4-7,10-11H,8-9H2,1-3H3,(H,17,22)(H,18,23). The Labute approximate surface area is 140 Å². The summed E-state index contributed by atoms with van der Waals surface area (Å²) >= 11 is 0. The summed E-state index contributed by atoms with van der Waals surface area (Å²) in [4.78, 5) is 23.6. The molecule has 2 amide bonds. The number of amides is 2. The van der Waals surface area contributed by atoms with E-state index in [2.05, 4.69) is 20.9 Å². The van der Waals surface area contributed by atoms with Crippen molar-refractivity contribution in [3.05, 3.63) is 36.2 Å². The third kappa shape index (κ3) is 4.80. The highest BCUT2D eigenvalue weighted by Gasteiger charge is 2.11. The molecular formula is C16H21N5O3. The molecule has 24 heavy (non-hydrogen) atoms. The number of nitrogens with zero attached hydrogens (tertiary/aromatic N) is 3. The van der Waals surface area contributed by atoms with Crippen molar-refractivity contribution in [3.63, 3.8) is 0 Å². The monoisotopic (exact) mass is 331 g/mol. The number of methoxy groups -OCH3 is 1. The predicted molar refractivity (Wildman–Crippen MR) is 88.8 cm³/mol. The van der Waals surface area contributed by atoms with Crippen molar-refractivity contribution in [2.75, 3.05) is 19.0 Å². The molecule has 0 atom stereocenters. The maximum atomic E-state index is 12.1. The Balaban J connectivity index is 1.87. The smallest absolute Gasteiger partial charge is 0.277 e. The lowest BCUT2D eigenvalue weighted by molar-refractivity contribution is -0.124. The highest BCUT2D eigenvalue weighted by Crippen LogP contribution is 2.15. The van der Waals surface area contributed by atoms with E-state index in [1.165, 1.54) is 4.68 Å². The van der Waals surface area contributed by atoms with Gasteiger partial charge in [-0.2, -0.15) is 0 Å². The van der Waals surface area contributed by atoms with Crippen LogP contribution in [-0.4, -0.2) is 40.5 Å². The molecule has 0 bridgehead atoms. The van der Waals surface area contributed by atoms with Gasteiger partial charge in [0.1, 0.15) is 5.75 Å². The van der Waals surface area contributed by atoms with E-state index in [1.54, 1.807) is 37.6 Å². The van der Waals surface area contributed by atoms with E-state index in [0.29, 0.717) is 24.5 Å². The summed E-state index contributed by atoms with van der Waals surface area (Å²) in [6.45, 7) is 4.53. The van der Waals surface area contributed by atoms with Crippen LogP contribution in [0, 0.1) is 5.92 Å². The van der Waals surface area contributed by atoms with Gasteiger partial charge in [0.2, 0.25) is 5.91 Å². The maximum absolute atomic E-state index is 12.1. The molecule has 1 heterocycles. The molecule has 0 aliphatic carbocycles. The van der Waals surface area contributed by atoms with Crippen LogP contribution in [0.3, 0.4) is 0 Å². The Bertz CT molecular complexity index is 694. The molecule has 0 saturated carbocycles. The Kier molecular flexibility index (Phi) is 5.89. The molecule has 0 aliphatic heterocycles. The summed E-state index contributed by atoms with van der Waals surface area (Å²) in [5, 5.41) is 13.2. The molecule has 1 aromatic carbocycles. The average molecular weight is 331 g/mol. The van der Waals surface area contributed by atoms with Gasteiger partial charge in [-0.15, -0.1) is 5.10 Å². The van der Waals surface area contributed by atoms with Crippen LogP contribution in [0.1, 0.15) is 24.3 Å². The number of anilines is 1. The number of aromatic nitrogens is 3. The number of ether oxygens (including phenoxy) is 1. The van der Waals surface area contributed by atoms with Crippen LogP contribution in [0.15, 0.2) is 30.5 Å². The van der Waals surface area contributed by atoms with Crippen molar-refractivity contribution < 1.29 is 14.3 Å². The number of hydrogen-bond acceptors (Lipinski definition) is 5. The van der Waals surface area contributed by atoms with E-state index >= 15 is 0 Å². The molecule has 1 aromatic heterocycles. The summed E-state index contributed by atoms with van der Waals surface area (Å²) in [6.07, 6.45) is 1.54. The molecule has 0 fully saturated rings. The van der Waals surface area contributed by atoms with Gasteiger partial charge in [-0.3, -0.25) is 9.59 Å². The maximum Gasteiger partial charge on any atom is 0.277 e. The van der Waals surface area contributed by atoms with Crippen molar-refractivity contribution in [2.45, 2.75) is 20.4 Å². The number of hydrogen-bond donors (Lipinski definition) is 2. The van der Waals surface area contributed by atoms with Crippen molar-refractivity contribution in [1.29, 1.82) is 0 Å². The van der Waals surface area contributed by atoms with Crippen LogP contribution < -0.4 is 15.4 Å². The molecule has 0 unspecified atom stereocenters. The normalized spacial score (nSPS) is 10.5. The highest BCUT2D eigenvalue weighted by atomic mass is 16.5. The van der Waals surface area contributed by atoms with Crippen molar-refractivity contribution in [3.8, 4) is 5.75 Å². The minimum absolute atomic E-state index is 0.0208. The van der Waals surface area contributed by atoms with E-state index in [4.69, 9.17) is 4.74 Å². The van der Waals surface area contributed by atoms with Gasteiger partial charge in [0.05, 0.1) is 19.9 Å². The minimum Gasteiger partial charge on any atom is -0.497 e. The summed E-state index contributed by atoms with van der Waals surface area (Å²) in [5.41, 5.74) is 0.848. The lowest BCUT2D eigenvalue weighted by Crippen LogP contribution is -2.30. The lowest BCUT2D eigenvalue weighted by atomic mass is 10.2. The van der Waals surface area contributed by atoms with Crippen LogP contribution in [0.4, 0.5) is 5.69 Å². The zero-order chi connectivity index (χ0) is 17.5. The Hall–Kier alpha value is -2.90. The van der Waals surface area contributed by atoms with E-state index in [0.717, 1.165) is 0 Å². The van der Waals surface area contributed by atoms with Gasteiger partial charge in [-0.1, -0.05) is 19.1 Å². The van der Waals surface area contributed by atoms with Gasteiger partial charge in [-0.25, -0.2) is 4.68 Å². The van der Waals surface area contributed by atoms with E-state index < -0.39 is 0 Å².